The number of aliphatic hydroxyl groups excluding tert-OH is 1. The molecule has 33 heavy (non-hydrogen) atoms. The van der Waals surface area contributed by atoms with Crippen molar-refractivity contribution in [1.82, 2.24) is 0 Å². The van der Waals surface area contributed by atoms with Crippen molar-refractivity contribution in [3.8, 4) is 6.07 Å². The molecule has 0 aromatic rings. The molecule has 0 saturated heterocycles. The van der Waals surface area contributed by atoms with E-state index in [9.17, 15) is 19.2 Å². The molecular formula is C23H35NO9. The van der Waals surface area contributed by atoms with E-state index in [0.29, 0.717) is 13.2 Å². The second-order valence-corrected chi connectivity index (χ2v) is 4.65. The Kier molecular flexibility index (Phi) is 46.2. The van der Waals surface area contributed by atoms with Gasteiger partial charge in [0.1, 0.15) is 6.61 Å². The number of hydrogen-bond acceptors (Lipinski definition) is 9. The molecule has 0 fully saturated rings. The lowest BCUT2D eigenvalue weighted by Gasteiger charge is -1.97. The van der Waals surface area contributed by atoms with E-state index in [1.165, 1.54) is 12.2 Å². The number of rotatable bonds is 10. The van der Waals surface area contributed by atoms with E-state index in [1.54, 1.807) is 13.0 Å². The first-order valence-electron chi connectivity index (χ1n) is 9.46. The number of carbonyl (C=O) groups excluding carboxylic acids is 3. The predicted molar refractivity (Wildman–Crippen MR) is 125 cm³/mol. The molecule has 0 unspecified atom stereocenters. The number of carboxylic acids is 1. The van der Waals surface area contributed by atoms with E-state index in [0.717, 1.165) is 31.1 Å². The smallest absolute Gasteiger partial charge is 0.330 e. The largest absolute Gasteiger partial charge is 0.478 e. The number of nitriles is 1. The lowest BCUT2D eigenvalue weighted by Crippen LogP contribution is -2.04. The van der Waals surface area contributed by atoms with Gasteiger partial charge in [0.15, 0.2) is 0 Å². The molecule has 2 N–H and O–H groups in total. The van der Waals surface area contributed by atoms with E-state index in [2.05, 4.69) is 47.1 Å². The second-order valence-electron chi connectivity index (χ2n) is 4.65. The molecule has 0 aliphatic heterocycles. The van der Waals surface area contributed by atoms with Gasteiger partial charge in [0, 0.05) is 30.4 Å². The van der Waals surface area contributed by atoms with Crippen molar-refractivity contribution in [3.05, 3.63) is 63.3 Å². The highest BCUT2D eigenvalue weighted by molar-refractivity contribution is 5.81. The molecule has 0 rings (SSSR count). The molecule has 0 aromatic carbocycles. The molecule has 186 valence electrons. The first kappa shape index (κ1) is 39.5. The number of aliphatic hydroxyl groups is 1. The summed E-state index contributed by atoms with van der Waals surface area (Å²) in [7, 11) is 0. The van der Waals surface area contributed by atoms with Gasteiger partial charge in [-0.25, -0.2) is 19.2 Å². The Hall–Kier alpha value is -3.97. The Morgan fingerprint density at radius 2 is 1.18 bits per heavy atom. The minimum atomic E-state index is -0.981. The van der Waals surface area contributed by atoms with Crippen molar-refractivity contribution >= 4 is 23.9 Å². The van der Waals surface area contributed by atoms with Crippen LogP contribution in [0.4, 0.5) is 0 Å². The Balaban J connectivity index is -0.000000102. The number of ether oxygens (including phenoxy) is 3. The highest BCUT2D eigenvalue weighted by Gasteiger charge is 1.91. The summed E-state index contributed by atoms with van der Waals surface area (Å²) in [5.74, 6) is -2.17. The van der Waals surface area contributed by atoms with Crippen molar-refractivity contribution in [3.63, 3.8) is 0 Å². The molecule has 0 aliphatic carbocycles. The van der Waals surface area contributed by atoms with Gasteiger partial charge in [-0.2, -0.15) is 5.26 Å². The van der Waals surface area contributed by atoms with Crippen LogP contribution in [-0.2, 0) is 33.4 Å². The molecule has 0 amide bonds. The van der Waals surface area contributed by atoms with E-state index in [-0.39, 0.29) is 25.2 Å². The van der Waals surface area contributed by atoms with Crippen LogP contribution < -0.4 is 0 Å². The summed E-state index contributed by atoms with van der Waals surface area (Å²) in [6.07, 6.45) is 7.36. The molecule has 0 spiro atoms. The zero-order chi connectivity index (χ0) is 26.9. The molecule has 0 heterocycles. The van der Waals surface area contributed by atoms with Gasteiger partial charge in [-0.1, -0.05) is 46.2 Å². The molecule has 0 aromatic heterocycles. The van der Waals surface area contributed by atoms with Gasteiger partial charge in [0.2, 0.25) is 0 Å². The third-order valence-corrected chi connectivity index (χ3v) is 2.13. The number of carboxylic acid groups (broad SMARTS) is 1. The standard InChI is InChI=1S/C7H12O2.C5H8O3.C5H8O2.C3H3N.C3H4O2/c1-3-5-6-9-7(8)4-2;1-2-5(7)8-4-3-6;1-3-5(6)7-4-2;1-2-3-4;1-2-3(4)5/h4H,2-3,5-6H2,1H3;2,6H,1,3-4H2;3H,1,4H2,2H3;2H,1H2;2H,1H2,(H,4,5). The van der Waals surface area contributed by atoms with Crippen LogP contribution >= 0.6 is 0 Å². The van der Waals surface area contributed by atoms with Gasteiger partial charge >= 0.3 is 23.9 Å². The van der Waals surface area contributed by atoms with Gasteiger partial charge in [0.25, 0.3) is 0 Å². The van der Waals surface area contributed by atoms with Crippen LogP contribution in [0.1, 0.15) is 26.7 Å². The number of aliphatic carboxylic acids is 1. The zero-order valence-corrected chi connectivity index (χ0v) is 19.4. The number of carbonyl (C=O) groups is 4. The topological polar surface area (TPSA) is 160 Å². The van der Waals surface area contributed by atoms with Crippen molar-refractivity contribution < 1.29 is 43.6 Å². The minimum Gasteiger partial charge on any atom is -0.478 e. The van der Waals surface area contributed by atoms with E-state index in [4.69, 9.17) is 15.5 Å². The van der Waals surface area contributed by atoms with Crippen molar-refractivity contribution in [2.75, 3.05) is 26.4 Å². The van der Waals surface area contributed by atoms with Crippen LogP contribution in [-0.4, -0.2) is 60.5 Å². The average molecular weight is 470 g/mol. The third-order valence-electron chi connectivity index (χ3n) is 2.13. The SMILES string of the molecule is C=CC#N.C=CC(=O)O.C=CC(=O)OCC.C=CC(=O)OCCCC.C=CC(=O)OCCO. The first-order chi connectivity index (χ1) is 15.6. The number of allylic oxidation sites excluding steroid dienone is 1. The average Bonchev–Trinajstić information content (AvgIpc) is 2.83. The number of nitrogens with zero attached hydrogens (tertiary/aromatic N) is 1. The van der Waals surface area contributed by atoms with Gasteiger partial charge in [-0.3, -0.25) is 0 Å². The molecule has 0 atom stereocenters. The quantitative estimate of drug-likeness (QED) is 0.160. The lowest BCUT2D eigenvalue weighted by atomic mass is 10.4. The van der Waals surface area contributed by atoms with Crippen LogP contribution in [0, 0.1) is 11.3 Å². The van der Waals surface area contributed by atoms with Crippen LogP contribution in [0.15, 0.2) is 63.3 Å². The van der Waals surface area contributed by atoms with Gasteiger partial charge in [0.05, 0.1) is 25.9 Å². The van der Waals surface area contributed by atoms with Crippen molar-refractivity contribution in [2.24, 2.45) is 0 Å². The predicted octanol–water partition coefficient (Wildman–Crippen LogP) is 2.91. The van der Waals surface area contributed by atoms with Crippen LogP contribution in [0.25, 0.3) is 0 Å². The van der Waals surface area contributed by atoms with E-state index in [1.807, 2.05) is 6.92 Å². The fraction of sp³-hybridized carbons (Fsp3) is 0.348. The molecule has 10 heteroatoms. The van der Waals surface area contributed by atoms with Gasteiger partial charge < -0.3 is 24.4 Å². The molecular weight excluding hydrogens is 434 g/mol. The highest BCUT2D eigenvalue weighted by atomic mass is 16.5. The lowest BCUT2D eigenvalue weighted by molar-refractivity contribution is -0.139. The summed E-state index contributed by atoms with van der Waals surface area (Å²) < 4.78 is 13.4. The normalized spacial score (nSPS) is 7.33. The van der Waals surface area contributed by atoms with Crippen molar-refractivity contribution in [1.29, 1.82) is 5.26 Å². The Labute approximate surface area is 195 Å². The summed E-state index contributed by atoms with van der Waals surface area (Å²) >= 11 is 0. The first-order valence-corrected chi connectivity index (χ1v) is 9.46. The van der Waals surface area contributed by atoms with E-state index < -0.39 is 11.9 Å². The maximum atomic E-state index is 10.3. The van der Waals surface area contributed by atoms with E-state index >= 15 is 0 Å². The Bertz CT molecular complexity index is 620. The van der Waals surface area contributed by atoms with Crippen LogP contribution in [0.5, 0.6) is 0 Å². The third kappa shape index (κ3) is 65.5. The summed E-state index contributed by atoms with van der Waals surface area (Å²) in [4.78, 5) is 39.8. The van der Waals surface area contributed by atoms with Gasteiger partial charge in [-0.15, -0.1) is 0 Å². The fourth-order valence-corrected chi connectivity index (χ4v) is 0.782. The summed E-state index contributed by atoms with van der Waals surface area (Å²) in [6.45, 7) is 20.3. The minimum absolute atomic E-state index is 0.0465. The molecule has 10 nitrogen and oxygen atoms in total. The molecule has 0 radical (unpaired) electrons. The van der Waals surface area contributed by atoms with Crippen LogP contribution in [0.3, 0.4) is 0 Å². The number of esters is 3. The Morgan fingerprint density at radius 3 is 1.39 bits per heavy atom. The molecule has 0 bridgehead atoms. The maximum absolute atomic E-state index is 10.3. The van der Waals surface area contributed by atoms with Crippen molar-refractivity contribution in [2.45, 2.75) is 26.7 Å². The number of unbranched alkanes of at least 4 members (excludes halogenated alkanes) is 1. The second kappa shape index (κ2) is 38.6. The molecule has 0 saturated carbocycles. The Morgan fingerprint density at radius 1 is 0.818 bits per heavy atom. The summed E-state index contributed by atoms with van der Waals surface area (Å²) in [5.41, 5.74) is 0. The molecule has 0 aliphatic rings. The number of hydrogen-bond donors (Lipinski definition) is 2. The van der Waals surface area contributed by atoms with Gasteiger partial charge in [-0.05, 0) is 13.3 Å². The fourth-order valence-electron chi connectivity index (χ4n) is 0.782. The monoisotopic (exact) mass is 469 g/mol. The summed E-state index contributed by atoms with van der Waals surface area (Å²) in [6, 6.07) is 1.69. The van der Waals surface area contributed by atoms with Crippen LogP contribution in [0.2, 0.25) is 0 Å². The summed E-state index contributed by atoms with van der Waals surface area (Å²) in [5, 5.41) is 23.2. The highest BCUT2D eigenvalue weighted by Crippen LogP contribution is 1.88. The zero-order valence-electron chi connectivity index (χ0n) is 19.4. The maximum Gasteiger partial charge on any atom is 0.330 e.